The summed E-state index contributed by atoms with van der Waals surface area (Å²) >= 11 is 0. The number of ether oxygens (including phenoxy) is 1. The fourth-order valence-corrected chi connectivity index (χ4v) is 1.38. The molecule has 0 aromatic heterocycles. The fourth-order valence-electron chi connectivity index (χ4n) is 1.38. The zero-order valence-electron chi connectivity index (χ0n) is 8.50. The Labute approximate surface area is 93.0 Å². The number of benzene rings is 1. The van der Waals surface area contributed by atoms with Gasteiger partial charge in [-0.25, -0.2) is 4.79 Å². The van der Waals surface area contributed by atoms with E-state index in [1.54, 1.807) is 6.08 Å². The van der Waals surface area contributed by atoms with Crippen molar-refractivity contribution in [1.82, 2.24) is 0 Å². The molecule has 1 atom stereocenters. The van der Waals surface area contributed by atoms with Crippen LogP contribution in [0, 0.1) is 5.92 Å². The molecule has 1 aromatic carbocycles. The Morgan fingerprint density at radius 1 is 1.12 bits per heavy atom. The number of cyclic esters (lactones) is 2. The Hall–Kier alpha value is -2.16. The third-order valence-electron chi connectivity index (χ3n) is 2.21. The van der Waals surface area contributed by atoms with Crippen LogP contribution in [0.25, 0.3) is 6.08 Å². The van der Waals surface area contributed by atoms with Crippen molar-refractivity contribution in [3.05, 3.63) is 54.1 Å². The first-order valence-corrected chi connectivity index (χ1v) is 4.93. The van der Waals surface area contributed by atoms with Crippen LogP contribution in [0.15, 0.2) is 48.6 Å². The highest BCUT2D eigenvalue weighted by Gasteiger charge is 2.21. The van der Waals surface area contributed by atoms with Gasteiger partial charge in [-0.15, -0.1) is 0 Å². The first-order valence-electron chi connectivity index (χ1n) is 4.93. The first kappa shape index (κ1) is 10.4. The van der Waals surface area contributed by atoms with Gasteiger partial charge in [0.2, 0.25) is 0 Å². The molecule has 2 rings (SSSR count). The summed E-state index contributed by atoms with van der Waals surface area (Å²) in [5, 5.41) is 0. The van der Waals surface area contributed by atoms with Crippen LogP contribution in [-0.4, -0.2) is 11.9 Å². The summed E-state index contributed by atoms with van der Waals surface area (Å²) in [6.07, 6.45) is 6.33. The van der Waals surface area contributed by atoms with Gasteiger partial charge in [0.05, 0.1) is 5.92 Å². The van der Waals surface area contributed by atoms with Gasteiger partial charge in [0.25, 0.3) is 0 Å². The van der Waals surface area contributed by atoms with E-state index in [4.69, 9.17) is 0 Å². The standard InChI is InChI=1S/C13H10O3/c14-12-9-8-11(13(15)16-12)7-6-10-4-2-1-3-5-10/h1-9,11H. The van der Waals surface area contributed by atoms with Crippen LogP contribution in [0.1, 0.15) is 5.56 Å². The number of esters is 2. The van der Waals surface area contributed by atoms with Gasteiger partial charge in [0.15, 0.2) is 0 Å². The molecule has 3 nitrogen and oxygen atoms in total. The number of hydrogen-bond donors (Lipinski definition) is 0. The smallest absolute Gasteiger partial charge is 0.338 e. The molecule has 0 amide bonds. The SMILES string of the molecule is O=C1C=CC(C=Cc2ccccc2)C(=O)O1. The Balaban J connectivity index is 2.11. The molecule has 3 heteroatoms. The highest BCUT2D eigenvalue weighted by atomic mass is 16.6. The lowest BCUT2D eigenvalue weighted by Gasteiger charge is -2.10. The number of carbonyl (C=O) groups excluding carboxylic acids is 2. The van der Waals surface area contributed by atoms with Gasteiger partial charge in [0.1, 0.15) is 0 Å². The average Bonchev–Trinajstić information content (AvgIpc) is 2.29. The maximum atomic E-state index is 11.3. The largest absolute Gasteiger partial charge is 0.389 e. The van der Waals surface area contributed by atoms with E-state index in [0.717, 1.165) is 5.56 Å². The molecule has 0 saturated heterocycles. The maximum absolute atomic E-state index is 11.3. The van der Waals surface area contributed by atoms with Gasteiger partial charge in [-0.2, -0.15) is 0 Å². The Morgan fingerprint density at radius 3 is 2.56 bits per heavy atom. The summed E-state index contributed by atoms with van der Waals surface area (Å²) in [5.74, 6) is -1.60. The van der Waals surface area contributed by atoms with Gasteiger partial charge in [-0.05, 0) is 5.56 Å². The Kier molecular flexibility index (Phi) is 2.96. The van der Waals surface area contributed by atoms with E-state index in [1.807, 2.05) is 36.4 Å². The molecule has 1 heterocycles. The molecule has 1 aromatic rings. The second-order valence-corrected chi connectivity index (χ2v) is 3.39. The van der Waals surface area contributed by atoms with Gasteiger partial charge < -0.3 is 4.74 Å². The normalized spacial score (nSPS) is 20.1. The molecule has 80 valence electrons. The molecule has 0 saturated carbocycles. The van der Waals surface area contributed by atoms with E-state index in [-0.39, 0.29) is 0 Å². The summed E-state index contributed by atoms with van der Waals surface area (Å²) in [6.45, 7) is 0. The molecule has 0 fully saturated rings. The van der Waals surface area contributed by atoms with Crippen LogP contribution in [0.5, 0.6) is 0 Å². The number of hydrogen-bond acceptors (Lipinski definition) is 3. The minimum atomic E-state index is -0.602. The first-order chi connectivity index (χ1) is 7.75. The fraction of sp³-hybridized carbons (Fsp3) is 0.0769. The molecule has 1 aliphatic rings. The van der Waals surface area contributed by atoms with Crippen molar-refractivity contribution < 1.29 is 14.3 Å². The Bertz CT molecular complexity index is 457. The van der Waals surface area contributed by atoms with Crippen molar-refractivity contribution in [2.75, 3.05) is 0 Å². The van der Waals surface area contributed by atoms with E-state index < -0.39 is 17.9 Å². The monoisotopic (exact) mass is 214 g/mol. The van der Waals surface area contributed by atoms with E-state index in [2.05, 4.69) is 4.74 Å². The predicted octanol–water partition coefficient (Wildman–Crippen LogP) is 1.96. The third-order valence-corrected chi connectivity index (χ3v) is 2.21. The summed E-state index contributed by atoms with van der Waals surface area (Å²) < 4.78 is 4.47. The summed E-state index contributed by atoms with van der Waals surface area (Å²) in [7, 11) is 0. The average molecular weight is 214 g/mol. The van der Waals surface area contributed by atoms with Crippen molar-refractivity contribution in [3.8, 4) is 0 Å². The van der Waals surface area contributed by atoms with E-state index in [0.29, 0.717) is 0 Å². The molecule has 0 radical (unpaired) electrons. The van der Waals surface area contributed by atoms with Crippen LogP contribution < -0.4 is 0 Å². The van der Waals surface area contributed by atoms with Crippen molar-refractivity contribution in [3.63, 3.8) is 0 Å². The van der Waals surface area contributed by atoms with Crippen LogP contribution in [0.3, 0.4) is 0 Å². The van der Waals surface area contributed by atoms with Gasteiger partial charge in [-0.3, -0.25) is 4.79 Å². The van der Waals surface area contributed by atoms with Crippen molar-refractivity contribution in [2.45, 2.75) is 0 Å². The van der Waals surface area contributed by atoms with Crippen LogP contribution in [-0.2, 0) is 14.3 Å². The molecular weight excluding hydrogens is 204 g/mol. The molecule has 0 spiro atoms. The van der Waals surface area contributed by atoms with Crippen LogP contribution in [0.2, 0.25) is 0 Å². The maximum Gasteiger partial charge on any atom is 0.338 e. The van der Waals surface area contributed by atoms with Crippen LogP contribution >= 0.6 is 0 Å². The topological polar surface area (TPSA) is 43.4 Å². The van der Waals surface area contributed by atoms with E-state index in [9.17, 15) is 9.59 Å². The lowest BCUT2D eigenvalue weighted by molar-refractivity contribution is -0.158. The van der Waals surface area contributed by atoms with Crippen molar-refractivity contribution in [2.24, 2.45) is 5.92 Å². The van der Waals surface area contributed by atoms with Crippen LogP contribution in [0.4, 0.5) is 0 Å². The molecular formula is C13H10O3. The predicted molar refractivity (Wildman–Crippen MR) is 59.2 cm³/mol. The van der Waals surface area contributed by atoms with E-state index >= 15 is 0 Å². The van der Waals surface area contributed by atoms with Gasteiger partial charge >= 0.3 is 11.9 Å². The molecule has 1 unspecified atom stereocenters. The third kappa shape index (κ3) is 2.45. The zero-order chi connectivity index (χ0) is 11.4. The highest BCUT2D eigenvalue weighted by molar-refractivity contribution is 5.97. The number of rotatable bonds is 2. The Morgan fingerprint density at radius 2 is 1.88 bits per heavy atom. The molecule has 0 aliphatic carbocycles. The van der Waals surface area contributed by atoms with E-state index in [1.165, 1.54) is 12.2 Å². The lowest BCUT2D eigenvalue weighted by atomic mass is 10.1. The second kappa shape index (κ2) is 4.57. The summed E-state index contributed by atoms with van der Waals surface area (Å²) in [5.41, 5.74) is 1.00. The van der Waals surface area contributed by atoms with Gasteiger partial charge in [-0.1, -0.05) is 48.6 Å². The molecule has 1 aliphatic heterocycles. The summed E-state index contributed by atoms with van der Waals surface area (Å²) in [4.78, 5) is 22.0. The molecule has 16 heavy (non-hydrogen) atoms. The quantitative estimate of drug-likeness (QED) is 0.558. The second-order valence-electron chi connectivity index (χ2n) is 3.39. The minimum absolute atomic E-state index is 0.474. The van der Waals surface area contributed by atoms with Crippen molar-refractivity contribution >= 4 is 18.0 Å². The summed E-state index contributed by atoms with van der Waals surface area (Å²) in [6, 6.07) is 9.61. The highest BCUT2D eigenvalue weighted by Crippen LogP contribution is 2.12. The zero-order valence-corrected chi connectivity index (χ0v) is 8.50. The minimum Gasteiger partial charge on any atom is -0.389 e. The molecule has 0 bridgehead atoms. The molecule has 0 N–H and O–H groups in total. The van der Waals surface area contributed by atoms with Crippen molar-refractivity contribution in [1.29, 1.82) is 0 Å². The van der Waals surface area contributed by atoms with Gasteiger partial charge in [0, 0.05) is 6.08 Å². The lowest BCUT2D eigenvalue weighted by Crippen LogP contribution is -2.21. The number of carbonyl (C=O) groups is 2.